The number of carbonyl (C=O) groups excluding carboxylic acids is 1. The molecule has 0 saturated carbocycles. The lowest BCUT2D eigenvalue weighted by molar-refractivity contribution is 0.0946. The summed E-state index contributed by atoms with van der Waals surface area (Å²) in [5.74, 6) is -1.00. The van der Waals surface area contributed by atoms with E-state index in [1.165, 1.54) is 48.9 Å². The molecule has 0 fully saturated rings. The van der Waals surface area contributed by atoms with Crippen molar-refractivity contribution in [2.45, 2.75) is 6.43 Å². The van der Waals surface area contributed by atoms with Crippen LogP contribution in [0.2, 0.25) is 0 Å². The minimum absolute atomic E-state index is 0.0253. The monoisotopic (exact) mass is 357 g/mol. The number of rotatable bonds is 3. The highest BCUT2D eigenvalue weighted by Gasteiger charge is 2.22. The molecule has 0 aliphatic carbocycles. The van der Waals surface area contributed by atoms with Gasteiger partial charge in [-0.25, -0.2) is 27.4 Å². The van der Waals surface area contributed by atoms with Crippen molar-refractivity contribution in [3.8, 4) is 11.3 Å². The van der Waals surface area contributed by atoms with E-state index >= 15 is 0 Å². The first kappa shape index (κ1) is 16.0. The number of aromatic nitrogens is 5. The van der Waals surface area contributed by atoms with E-state index in [0.29, 0.717) is 5.56 Å². The maximum Gasteiger partial charge on any atom is 0.283 e. The van der Waals surface area contributed by atoms with Gasteiger partial charge in [-0.1, -0.05) is 0 Å². The highest BCUT2D eigenvalue weighted by molar-refractivity contribution is 6.00. The fourth-order valence-electron chi connectivity index (χ4n) is 2.57. The number of nitrogens with zero attached hydrogens (tertiary/aromatic N) is 5. The quantitative estimate of drug-likeness (QED) is 0.564. The molecule has 0 atom stereocenters. The van der Waals surface area contributed by atoms with E-state index in [-0.39, 0.29) is 16.9 Å². The molecule has 0 spiro atoms. The predicted octanol–water partition coefficient (Wildman–Crippen LogP) is 3.36. The maximum atomic E-state index is 13.5. The first-order valence-electron chi connectivity index (χ1n) is 7.51. The van der Waals surface area contributed by atoms with Crippen LogP contribution >= 0.6 is 0 Å². The third kappa shape index (κ3) is 2.63. The summed E-state index contributed by atoms with van der Waals surface area (Å²) in [5, 5.41) is 7.71. The molecule has 3 heterocycles. The zero-order valence-electron chi connectivity index (χ0n) is 13.1. The Kier molecular flexibility index (Phi) is 3.76. The second-order valence-corrected chi connectivity index (χ2v) is 5.42. The summed E-state index contributed by atoms with van der Waals surface area (Å²) in [7, 11) is 0. The summed E-state index contributed by atoms with van der Waals surface area (Å²) < 4.78 is 42.1. The molecule has 130 valence electrons. The van der Waals surface area contributed by atoms with E-state index in [9.17, 15) is 18.0 Å². The Hall–Kier alpha value is -3.49. The van der Waals surface area contributed by atoms with Gasteiger partial charge in [-0.05, 0) is 36.4 Å². The average molecular weight is 357 g/mol. The average Bonchev–Trinajstić information content (AvgIpc) is 3.30. The van der Waals surface area contributed by atoms with Crippen LogP contribution in [-0.2, 0) is 0 Å². The van der Waals surface area contributed by atoms with Gasteiger partial charge in [0.05, 0.1) is 11.9 Å². The Bertz CT molecular complexity index is 1090. The number of benzene rings is 1. The molecule has 0 unspecified atom stereocenters. The largest absolute Gasteiger partial charge is 0.283 e. The van der Waals surface area contributed by atoms with Crippen molar-refractivity contribution < 1.29 is 18.0 Å². The molecule has 0 saturated heterocycles. The van der Waals surface area contributed by atoms with Gasteiger partial charge in [0.25, 0.3) is 12.3 Å². The van der Waals surface area contributed by atoms with E-state index in [1.807, 2.05) is 0 Å². The van der Waals surface area contributed by atoms with Crippen LogP contribution in [-0.4, -0.2) is 30.3 Å². The van der Waals surface area contributed by atoms with Crippen molar-refractivity contribution in [2.24, 2.45) is 0 Å². The summed E-state index contributed by atoms with van der Waals surface area (Å²) >= 11 is 0. The highest BCUT2D eigenvalue weighted by atomic mass is 19.3. The van der Waals surface area contributed by atoms with Crippen LogP contribution in [0.4, 0.5) is 13.2 Å². The van der Waals surface area contributed by atoms with Crippen LogP contribution < -0.4 is 0 Å². The molecule has 0 aliphatic heterocycles. The molecule has 1 aromatic carbocycles. The Morgan fingerprint density at radius 3 is 2.54 bits per heavy atom. The molecule has 4 aromatic rings. The molecule has 0 radical (unpaired) electrons. The van der Waals surface area contributed by atoms with Crippen LogP contribution in [0.15, 0.2) is 55.0 Å². The normalized spacial score (nSPS) is 11.4. The van der Waals surface area contributed by atoms with Crippen LogP contribution in [0.5, 0.6) is 0 Å². The topological polar surface area (TPSA) is 65.1 Å². The van der Waals surface area contributed by atoms with Crippen molar-refractivity contribution in [1.29, 1.82) is 0 Å². The van der Waals surface area contributed by atoms with E-state index in [4.69, 9.17) is 0 Å². The lowest BCUT2D eigenvalue weighted by atomic mass is 10.1. The number of hydrogen-bond donors (Lipinski definition) is 0. The van der Waals surface area contributed by atoms with Crippen molar-refractivity contribution >= 4 is 11.6 Å². The molecule has 0 bridgehead atoms. The van der Waals surface area contributed by atoms with Crippen molar-refractivity contribution in [3.63, 3.8) is 0 Å². The smallest absolute Gasteiger partial charge is 0.267 e. The van der Waals surface area contributed by atoms with Gasteiger partial charge in [-0.2, -0.15) is 10.2 Å². The van der Waals surface area contributed by atoms with Gasteiger partial charge < -0.3 is 0 Å². The van der Waals surface area contributed by atoms with Crippen molar-refractivity contribution in [1.82, 2.24) is 24.4 Å². The summed E-state index contributed by atoms with van der Waals surface area (Å²) in [4.78, 5) is 16.8. The van der Waals surface area contributed by atoms with E-state index < -0.39 is 23.8 Å². The lowest BCUT2D eigenvalue weighted by Crippen LogP contribution is -2.13. The van der Waals surface area contributed by atoms with Crippen LogP contribution in [0.1, 0.15) is 22.5 Å². The van der Waals surface area contributed by atoms with Crippen LogP contribution in [0.3, 0.4) is 0 Å². The summed E-state index contributed by atoms with van der Waals surface area (Å²) in [6, 6.07) is 7.99. The molecule has 4 rings (SSSR count). The minimum Gasteiger partial charge on any atom is -0.267 e. The number of fused-ring (bicyclic) bond motifs is 1. The van der Waals surface area contributed by atoms with Gasteiger partial charge in [-0.15, -0.1) is 0 Å². The van der Waals surface area contributed by atoms with Crippen LogP contribution in [0, 0.1) is 5.82 Å². The maximum absolute atomic E-state index is 13.5. The first-order chi connectivity index (χ1) is 12.5. The summed E-state index contributed by atoms with van der Waals surface area (Å²) in [6.45, 7) is 0. The highest BCUT2D eigenvalue weighted by Crippen LogP contribution is 2.27. The molecule has 9 heteroatoms. The Morgan fingerprint density at radius 2 is 1.88 bits per heavy atom. The van der Waals surface area contributed by atoms with Crippen molar-refractivity contribution in [2.75, 3.05) is 0 Å². The minimum atomic E-state index is -2.84. The van der Waals surface area contributed by atoms with E-state index in [2.05, 4.69) is 15.2 Å². The Labute approximate surface area is 144 Å². The molecular formula is C17H10F3N5O. The molecule has 3 aromatic heterocycles. The second kappa shape index (κ2) is 6.10. The number of hydrogen-bond acceptors (Lipinski definition) is 4. The molecule has 6 nitrogen and oxygen atoms in total. The SMILES string of the molecule is O=C(c1cnn2c(C(F)F)cc(-c3ccc(F)cc3)nc12)n1cccn1. The molecule has 0 amide bonds. The second-order valence-electron chi connectivity index (χ2n) is 5.42. The Morgan fingerprint density at radius 1 is 1.12 bits per heavy atom. The fourth-order valence-corrected chi connectivity index (χ4v) is 2.57. The first-order valence-corrected chi connectivity index (χ1v) is 7.51. The van der Waals surface area contributed by atoms with E-state index in [1.54, 1.807) is 6.07 Å². The third-order valence-corrected chi connectivity index (χ3v) is 3.81. The van der Waals surface area contributed by atoms with Gasteiger partial charge in [0.2, 0.25) is 0 Å². The third-order valence-electron chi connectivity index (χ3n) is 3.81. The lowest BCUT2D eigenvalue weighted by Gasteiger charge is -2.08. The van der Waals surface area contributed by atoms with Gasteiger partial charge >= 0.3 is 0 Å². The molecular weight excluding hydrogens is 347 g/mol. The van der Waals surface area contributed by atoms with Crippen LogP contribution in [0.25, 0.3) is 16.9 Å². The standard InChI is InChI=1S/C17H10F3N5O/c18-11-4-2-10(3-5-11)13-8-14(15(19)20)25-16(23-13)12(9-22-25)17(26)24-7-1-6-21-24/h1-9,15H. The molecule has 0 N–H and O–H groups in total. The zero-order chi connectivity index (χ0) is 18.3. The zero-order valence-corrected chi connectivity index (χ0v) is 13.1. The van der Waals surface area contributed by atoms with E-state index in [0.717, 1.165) is 9.20 Å². The number of carbonyl (C=O) groups is 1. The Balaban J connectivity index is 1.93. The van der Waals surface area contributed by atoms with Gasteiger partial charge in [0, 0.05) is 18.0 Å². The van der Waals surface area contributed by atoms with Gasteiger partial charge in [0.1, 0.15) is 17.1 Å². The van der Waals surface area contributed by atoms with Gasteiger partial charge in [-0.3, -0.25) is 4.79 Å². The summed E-state index contributed by atoms with van der Waals surface area (Å²) in [6.07, 6.45) is 1.19. The summed E-state index contributed by atoms with van der Waals surface area (Å²) in [5.41, 5.74) is 0.202. The number of halogens is 3. The molecule has 0 aliphatic rings. The van der Waals surface area contributed by atoms with Gasteiger partial charge in [0.15, 0.2) is 5.65 Å². The van der Waals surface area contributed by atoms with Crippen molar-refractivity contribution in [3.05, 3.63) is 72.1 Å². The molecule has 26 heavy (non-hydrogen) atoms. The predicted molar refractivity (Wildman–Crippen MR) is 85.3 cm³/mol. The number of alkyl halides is 2. The fraction of sp³-hybridized carbons (Fsp3) is 0.0588.